The van der Waals surface area contributed by atoms with E-state index < -0.39 is 0 Å². The molecule has 0 spiro atoms. The molecule has 0 rings (SSSR count). The zero-order chi connectivity index (χ0) is 17.6. The van der Waals surface area contributed by atoms with Crippen LogP contribution in [0.4, 0.5) is 0 Å². The van der Waals surface area contributed by atoms with Gasteiger partial charge < -0.3 is 10.2 Å². The largest absolute Gasteiger partial charge is 0.397 e. The van der Waals surface area contributed by atoms with Crippen molar-refractivity contribution in [1.82, 2.24) is 0 Å². The first-order chi connectivity index (χ1) is 11.2. The Bertz CT molecular complexity index is 183. The van der Waals surface area contributed by atoms with Crippen LogP contribution >= 0.6 is 0 Å². The van der Waals surface area contributed by atoms with Crippen molar-refractivity contribution in [1.29, 1.82) is 0 Å². The highest BCUT2D eigenvalue weighted by atomic mass is 16.3. The highest BCUT2D eigenvalue weighted by Crippen LogP contribution is 2.14. The summed E-state index contributed by atoms with van der Waals surface area (Å²) in [5.74, 6) is 0. The molecule has 2 nitrogen and oxygen atoms in total. The van der Waals surface area contributed by atoms with Crippen molar-refractivity contribution in [3.63, 3.8) is 0 Å². The second kappa shape index (κ2) is 24.2. The predicted molar refractivity (Wildman–Crippen MR) is 104 cm³/mol. The maximum Gasteiger partial charge on any atom is 0.0540 e. The summed E-state index contributed by atoms with van der Waals surface area (Å²) in [5.41, 5.74) is 0. The molecule has 1 unspecified atom stereocenters. The smallest absolute Gasteiger partial charge is 0.0540 e. The first kappa shape index (κ1) is 25.2. The summed E-state index contributed by atoms with van der Waals surface area (Å²) < 4.78 is 0. The van der Waals surface area contributed by atoms with Crippen molar-refractivity contribution in [3.8, 4) is 0 Å². The average molecular weight is 331 g/mol. The molecule has 2 N–H and O–H groups in total. The van der Waals surface area contributed by atoms with Gasteiger partial charge in [0.05, 0.1) is 6.10 Å². The van der Waals surface area contributed by atoms with E-state index in [0.717, 1.165) is 12.8 Å². The van der Waals surface area contributed by atoms with E-state index in [1.165, 1.54) is 89.9 Å². The minimum Gasteiger partial charge on any atom is -0.397 e. The maximum absolute atomic E-state index is 9.92. The third kappa shape index (κ3) is 27.1. The second-order valence-electron chi connectivity index (χ2n) is 6.79. The van der Waals surface area contributed by atoms with E-state index in [9.17, 15) is 5.11 Å². The molecule has 2 heteroatoms. The molecule has 0 heterocycles. The van der Waals surface area contributed by atoms with Crippen LogP contribution in [0.5, 0.6) is 0 Å². The van der Waals surface area contributed by atoms with Gasteiger partial charge in [-0.05, 0) is 19.8 Å². The zero-order valence-electron chi connectivity index (χ0n) is 16.5. The fourth-order valence-electron chi connectivity index (χ4n) is 2.82. The normalized spacial score (nSPS) is 11.9. The summed E-state index contributed by atoms with van der Waals surface area (Å²) in [5, 5.41) is 17.5. The Kier molecular flexibility index (Phi) is 26.5. The standard InChI is InChI=1S/C19H40O.C2H6O/c1-3-5-7-9-11-12-14-16-18-19(20)17-15-13-10-8-6-4-2;1-2-3/h19-20H,3-18H2,1-2H3;3H,2H2,1H3. The van der Waals surface area contributed by atoms with Crippen molar-refractivity contribution in [2.75, 3.05) is 6.61 Å². The average Bonchev–Trinajstić information content (AvgIpc) is 2.54. The van der Waals surface area contributed by atoms with E-state index in [-0.39, 0.29) is 12.7 Å². The molecule has 0 fully saturated rings. The molecule has 0 aromatic rings. The minimum absolute atomic E-state index is 0.0266. The molecular weight excluding hydrogens is 284 g/mol. The molecule has 0 aliphatic rings. The summed E-state index contributed by atoms with van der Waals surface area (Å²) in [6.07, 6.45) is 20.9. The van der Waals surface area contributed by atoms with Crippen LogP contribution in [-0.4, -0.2) is 22.9 Å². The number of hydrogen-bond acceptors (Lipinski definition) is 2. The Hall–Kier alpha value is -0.0800. The molecule has 0 aromatic heterocycles. The molecule has 0 saturated carbocycles. The highest BCUT2D eigenvalue weighted by Gasteiger charge is 2.03. The molecule has 0 aliphatic carbocycles. The molecule has 1 atom stereocenters. The molecule has 0 aromatic carbocycles. The van der Waals surface area contributed by atoms with Crippen molar-refractivity contribution in [2.45, 2.75) is 130 Å². The van der Waals surface area contributed by atoms with Crippen LogP contribution in [0.2, 0.25) is 0 Å². The number of rotatable bonds is 16. The van der Waals surface area contributed by atoms with E-state index in [0.29, 0.717) is 0 Å². The molecule has 0 radical (unpaired) electrons. The van der Waals surface area contributed by atoms with E-state index in [2.05, 4.69) is 13.8 Å². The topological polar surface area (TPSA) is 40.5 Å². The van der Waals surface area contributed by atoms with Crippen LogP contribution in [0.25, 0.3) is 0 Å². The van der Waals surface area contributed by atoms with E-state index >= 15 is 0 Å². The van der Waals surface area contributed by atoms with Crippen molar-refractivity contribution in [3.05, 3.63) is 0 Å². The van der Waals surface area contributed by atoms with Crippen molar-refractivity contribution >= 4 is 0 Å². The Morgan fingerprint density at radius 1 is 0.522 bits per heavy atom. The van der Waals surface area contributed by atoms with Crippen LogP contribution in [0, 0.1) is 0 Å². The van der Waals surface area contributed by atoms with E-state index in [1.807, 2.05) is 0 Å². The summed E-state index contributed by atoms with van der Waals surface area (Å²) in [6, 6.07) is 0. The Labute approximate surface area is 147 Å². The van der Waals surface area contributed by atoms with Gasteiger partial charge >= 0.3 is 0 Å². The zero-order valence-corrected chi connectivity index (χ0v) is 16.5. The van der Waals surface area contributed by atoms with Crippen LogP contribution in [-0.2, 0) is 0 Å². The number of unbranched alkanes of at least 4 members (excludes halogenated alkanes) is 12. The Balaban J connectivity index is 0. The summed E-state index contributed by atoms with van der Waals surface area (Å²) in [7, 11) is 0. The summed E-state index contributed by atoms with van der Waals surface area (Å²) in [4.78, 5) is 0. The minimum atomic E-state index is -0.0266. The van der Waals surface area contributed by atoms with Gasteiger partial charge in [-0.3, -0.25) is 0 Å². The lowest BCUT2D eigenvalue weighted by Crippen LogP contribution is -2.05. The third-order valence-electron chi connectivity index (χ3n) is 4.28. The Morgan fingerprint density at radius 3 is 1.09 bits per heavy atom. The fourth-order valence-corrected chi connectivity index (χ4v) is 2.82. The highest BCUT2D eigenvalue weighted by molar-refractivity contribution is 4.57. The third-order valence-corrected chi connectivity index (χ3v) is 4.28. The number of hydrogen-bond donors (Lipinski definition) is 2. The van der Waals surface area contributed by atoms with E-state index in [4.69, 9.17) is 5.11 Å². The van der Waals surface area contributed by atoms with Gasteiger partial charge in [-0.2, -0.15) is 0 Å². The maximum atomic E-state index is 9.92. The lowest BCUT2D eigenvalue weighted by atomic mass is 10.0. The van der Waals surface area contributed by atoms with Crippen LogP contribution in [0.15, 0.2) is 0 Å². The van der Waals surface area contributed by atoms with Crippen LogP contribution < -0.4 is 0 Å². The van der Waals surface area contributed by atoms with Gasteiger partial charge in [0.25, 0.3) is 0 Å². The molecule has 0 aliphatic heterocycles. The lowest BCUT2D eigenvalue weighted by molar-refractivity contribution is 0.147. The van der Waals surface area contributed by atoms with Gasteiger partial charge in [0.15, 0.2) is 0 Å². The first-order valence-corrected chi connectivity index (χ1v) is 10.5. The van der Waals surface area contributed by atoms with Gasteiger partial charge in [-0.1, -0.05) is 104 Å². The fraction of sp³-hybridized carbons (Fsp3) is 1.00. The molecule has 23 heavy (non-hydrogen) atoms. The molecule has 0 saturated heterocycles. The first-order valence-electron chi connectivity index (χ1n) is 10.5. The van der Waals surface area contributed by atoms with Crippen molar-refractivity contribution in [2.24, 2.45) is 0 Å². The molecule has 0 bridgehead atoms. The van der Waals surface area contributed by atoms with Gasteiger partial charge in [-0.25, -0.2) is 0 Å². The monoisotopic (exact) mass is 330 g/mol. The van der Waals surface area contributed by atoms with Gasteiger partial charge in [0.1, 0.15) is 0 Å². The molecule has 0 amide bonds. The van der Waals surface area contributed by atoms with Gasteiger partial charge in [0, 0.05) is 6.61 Å². The van der Waals surface area contributed by atoms with Crippen LogP contribution in [0.3, 0.4) is 0 Å². The van der Waals surface area contributed by atoms with Gasteiger partial charge in [0.2, 0.25) is 0 Å². The summed E-state index contributed by atoms with van der Waals surface area (Å²) >= 11 is 0. The SMILES string of the molecule is CCCCCCCCCCC(O)CCCCCCCC.CCO. The van der Waals surface area contributed by atoms with Crippen molar-refractivity contribution < 1.29 is 10.2 Å². The van der Waals surface area contributed by atoms with Gasteiger partial charge in [-0.15, -0.1) is 0 Å². The van der Waals surface area contributed by atoms with Crippen LogP contribution in [0.1, 0.15) is 124 Å². The number of aliphatic hydroxyl groups excluding tert-OH is 2. The summed E-state index contributed by atoms with van der Waals surface area (Å²) in [6.45, 7) is 6.46. The lowest BCUT2D eigenvalue weighted by Gasteiger charge is -2.10. The number of aliphatic hydroxyl groups is 2. The predicted octanol–water partition coefficient (Wildman–Crippen LogP) is 6.63. The molecular formula is C21H46O2. The Morgan fingerprint density at radius 2 is 0.783 bits per heavy atom. The quantitative estimate of drug-likeness (QED) is 0.312. The van der Waals surface area contributed by atoms with E-state index in [1.54, 1.807) is 6.92 Å². The second-order valence-corrected chi connectivity index (χ2v) is 6.79. The molecule has 142 valence electrons.